The number of fused-ring (bicyclic) bond motifs is 1. The van der Waals surface area contributed by atoms with Crippen molar-refractivity contribution in [3.63, 3.8) is 0 Å². The fourth-order valence-electron chi connectivity index (χ4n) is 2.70. The van der Waals surface area contributed by atoms with E-state index in [-0.39, 0.29) is 11.9 Å². The smallest absolute Gasteiger partial charge is 0.263 e. The number of rotatable bonds is 2. The molecule has 0 atom stereocenters. The quantitative estimate of drug-likeness (QED) is 0.890. The van der Waals surface area contributed by atoms with Crippen LogP contribution in [0.15, 0.2) is 12.3 Å². The third-order valence-electron chi connectivity index (χ3n) is 3.98. The maximum atomic E-state index is 12.4. The van der Waals surface area contributed by atoms with Crippen LogP contribution in [0, 0.1) is 5.92 Å². The van der Waals surface area contributed by atoms with Crippen molar-refractivity contribution in [3.8, 4) is 0 Å². The standard InChI is InChI=1S/C14H18N4OS/c1-8-2-4-9(5-3-8)17-13(19)12-11(15)10-6-7-16-18-14(10)20-12/h6-9H,2-5,15H2,1H3,(H,17,19). The van der Waals surface area contributed by atoms with Crippen LogP contribution in [0.5, 0.6) is 0 Å². The Balaban J connectivity index is 1.77. The summed E-state index contributed by atoms with van der Waals surface area (Å²) in [7, 11) is 0. The number of thiophene rings is 1. The minimum Gasteiger partial charge on any atom is -0.397 e. The van der Waals surface area contributed by atoms with Gasteiger partial charge in [-0.3, -0.25) is 4.79 Å². The first-order valence-corrected chi connectivity index (χ1v) is 7.77. The summed E-state index contributed by atoms with van der Waals surface area (Å²) in [4.78, 5) is 13.6. The molecule has 0 radical (unpaired) electrons. The number of nitrogens with zero attached hydrogens (tertiary/aromatic N) is 2. The van der Waals surface area contributed by atoms with Crippen molar-refractivity contribution >= 4 is 33.1 Å². The van der Waals surface area contributed by atoms with E-state index in [0.29, 0.717) is 15.4 Å². The second kappa shape index (κ2) is 5.36. The average molecular weight is 290 g/mol. The Hall–Kier alpha value is -1.69. The number of hydrogen-bond acceptors (Lipinski definition) is 5. The van der Waals surface area contributed by atoms with Gasteiger partial charge in [-0.25, -0.2) is 0 Å². The molecule has 20 heavy (non-hydrogen) atoms. The lowest BCUT2D eigenvalue weighted by Gasteiger charge is -2.26. The SMILES string of the molecule is CC1CCC(NC(=O)c2sc3nnccc3c2N)CC1. The van der Waals surface area contributed by atoms with Gasteiger partial charge in [0.1, 0.15) is 9.71 Å². The summed E-state index contributed by atoms with van der Waals surface area (Å²) in [6.07, 6.45) is 6.06. The highest BCUT2D eigenvalue weighted by Crippen LogP contribution is 2.32. The lowest BCUT2D eigenvalue weighted by molar-refractivity contribution is 0.0928. The molecule has 1 aliphatic carbocycles. The van der Waals surface area contributed by atoms with E-state index < -0.39 is 0 Å². The predicted molar refractivity (Wildman–Crippen MR) is 80.7 cm³/mol. The molecule has 3 rings (SSSR count). The Morgan fingerprint density at radius 2 is 2.15 bits per heavy atom. The van der Waals surface area contributed by atoms with Crippen LogP contribution >= 0.6 is 11.3 Å². The fraction of sp³-hybridized carbons (Fsp3) is 0.500. The minimum atomic E-state index is -0.0787. The monoisotopic (exact) mass is 290 g/mol. The summed E-state index contributed by atoms with van der Waals surface area (Å²) in [6.45, 7) is 2.26. The Morgan fingerprint density at radius 3 is 2.85 bits per heavy atom. The van der Waals surface area contributed by atoms with E-state index in [9.17, 15) is 4.79 Å². The molecule has 3 N–H and O–H groups in total. The van der Waals surface area contributed by atoms with Gasteiger partial charge in [0.05, 0.1) is 11.9 Å². The van der Waals surface area contributed by atoms with Crippen molar-refractivity contribution in [3.05, 3.63) is 17.1 Å². The number of carbonyl (C=O) groups is 1. The van der Waals surface area contributed by atoms with Crippen LogP contribution in [0.3, 0.4) is 0 Å². The molecule has 0 spiro atoms. The maximum Gasteiger partial charge on any atom is 0.263 e. The highest BCUT2D eigenvalue weighted by molar-refractivity contribution is 7.21. The molecule has 2 aromatic rings. The largest absolute Gasteiger partial charge is 0.397 e. The molecule has 0 aromatic carbocycles. The molecule has 6 heteroatoms. The van der Waals surface area contributed by atoms with Gasteiger partial charge in [-0.15, -0.1) is 16.4 Å². The number of nitrogens with two attached hydrogens (primary N) is 1. The highest BCUT2D eigenvalue weighted by Gasteiger charge is 2.23. The first-order valence-electron chi connectivity index (χ1n) is 6.95. The Morgan fingerprint density at radius 1 is 1.40 bits per heavy atom. The van der Waals surface area contributed by atoms with E-state index in [1.807, 2.05) is 0 Å². The Labute approximate surface area is 121 Å². The summed E-state index contributed by atoms with van der Waals surface area (Å²) in [5, 5.41) is 11.7. The number of nitrogen functional groups attached to an aromatic ring is 1. The van der Waals surface area contributed by atoms with Crippen LogP contribution in [0.1, 0.15) is 42.3 Å². The number of nitrogens with one attached hydrogen (secondary N) is 1. The molecule has 2 heterocycles. The Bertz CT molecular complexity index is 631. The van der Waals surface area contributed by atoms with Gasteiger partial charge in [-0.1, -0.05) is 6.92 Å². The van der Waals surface area contributed by atoms with Gasteiger partial charge in [-0.2, -0.15) is 5.10 Å². The molecule has 2 aromatic heterocycles. The van der Waals surface area contributed by atoms with Crippen molar-refractivity contribution in [2.24, 2.45) is 5.92 Å². The van der Waals surface area contributed by atoms with Gasteiger partial charge in [0, 0.05) is 11.4 Å². The van der Waals surface area contributed by atoms with E-state index in [4.69, 9.17) is 5.73 Å². The third-order valence-corrected chi connectivity index (χ3v) is 5.08. The lowest BCUT2D eigenvalue weighted by atomic mass is 9.87. The third kappa shape index (κ3) is 2.47. The molecule has 0 bridgehead atoms. The zero-order chi connectivity index (χ0) is 14.1. The van der Waals surface area contributed by atoms with E-state index in [1.165, 1.54) is 24.2 Å². The first-order chi connectivity index (χ1) is 9.65. The predicted octanol–water partition coefficient (Wildman–Crippen LogP) is 2.58. The van der Waals surface area contributed by atoms with Crippen LogP contribution in [-0.2, 0) is 0 Å². The van der Waals surface area contributed by atoms with E-state index in [0.717, 1.165) is 24.1 Å². The normalized spacial score (nSPS) is 22.9. The topological polar surface area (TPSA) is 80.9 Å². The fourth-order valence-corrected chi connectivity index (χ4v) is 3.64. The molecular formula is C14H18N4OS. The number of amides is 1. The van der Waals surface area contributed by atoms with Gasteiger partial charge >= 0.3 is 0 Å². The number of anilines is 1. The zero-order valence-corrected chi connectivity index (χ0v) is 12.2. The van der Waals surface area contributed by atoms with Crippen molar-refractivity contribution in [1.29, 1.82) is 0 Å². The summed E-state index contributed by atoms with van der Waals surface area (Å²) >= 11 is 1.31. The lowest BCUT2D eigenvalue weighted by Crippen LogP contribution is -2.37. The molecule has 0 unspecified atom stereocenters. The molecule has 0 aliphatic heterocycles. The molecule has 1 amide bonds. The minimum absolute atomic E-state index is 0.0787. The second-order valence-corrected chi connectivity index (χ2v) is 6.52. The van der Waals surface area contributed by atoms with E-state index >= 15 is 0 Å². The second-order valence-electron chi connectivity index (χ2n) is 5.53. The van der Waals surface area contributed by atoms with Crippen molar-refractivity contribution in [2.75, 3.05) is 5.73 Å². The number of hydrogen-bond donors (Lipinski definition) is 2. The van der Waals surface area contributed by atoms with Gasteiger partial charge in [0.25, 0.3) is 5.91 Å². The van der Waals surface area contributed by atoms with Crippen LogP contribution in [-0.4, -0.2) is 22.1 Å². The maximum absolute atomic E-state index is 12.4. The van der Waals surface area contributed by atoms with Gasteiger partial charge in [0.15, 0.2) is 0 Å². The molecule has 0 saturated heterocycles. The van der Waals surface area contributed by atoms with Crippen molar-refractivity contribution in [2.45, 2.75) is 38.6 Å². The zero-order valence-electron chi connectivity index (χ0n) is 11.4. The average Bonchev–Trinajstić information content (AvgIpc) is 2.79. The van der Waals surface area contributed by atoms with Gasteiger partial charge in [0.2, 0.25) is 0 Å². The molecule has 1 saturated carbocycles. The summed E-state index contributed by atoms with van der Waals surface area (Å²) < 4.78 is 0. The number of carbonyl (C=O) groups excluding carboxylic acids is 1. The van der Waals surface area contributed by atoms with E-state index in [2.05, 4.69) is 22.4 Å². The van der Waals surface area contributed by atoms with Crippen LogP contribution < -0.4 is 11.1 Å². The van der Waals surface area contributed by atoms with Crippen molar-refractivity contribution in [1.82, 2.24) is 15.5 Å². The van der Waals surface area contributed by atoms with Gasteiger partial charge in [-0.05, 0) is 37.7 Å². The van der Waals surface area contributed by atoms with Crippen LogP contribution in [0.4, 0.5) is 5.69 Å². The molecule has 1 aliphatic rings. The summed E-state index contributed by atoms with van der Waals surface area (Å²) in [5.74, 6) is 0.692. The van der Waals surface area contributed by atoms with E-state index in [1.54, 1.807) is 12.3 Å². The number of aromatic nitrogens is 2. The van der Waals surface area contributed by atoms with Gasteiger partial charge < -0.3 is 11.1 Å². The van der Waals surface area contributed by atoms with Crippen LogP contribution in [0.25, 0.3) is 10.2 Å². The molecule has 5 nitrogen and oxygen atoms in total. The van der Waals surface area contributed by atoms with Crippen LogP contribution in [0.2, 0.25) is 0 Å². The Kier molecular flexibility index (Phi) is 3.56. The molecule has 106 valence electrons. The summed E-state index contributed by atoms with van der Waals surface area (Å²) in [5.41, 5.74) is 6.56. The van der Waals surface area contributed by atoms with Crippen molar-refractivity contribution < 1.29 is 4.79 Å². The first kappa shape index (κ1) is 13.3. The molecular weight excluding hydrogens is 272 g/mol. The molecule has 1 fully saturated rings. The summed E-state index contributed by atoms with van der Waals surface area (Å²) in [6, 6.07) is 2.07. The highest BCUT2D eigenvalue weighted by atomic mass is 32.1.